The molecule has 25 heavy (non-hydrogen) atoms. The summed E-state index contributed by atoms with van der Waals surface area (Å²) in [7, 11) is 0. The lowest BCUT2D eigenvalue weighted by molar-refractivity contribution is 0.0933. The van der Waals surface area contributed by atoms with E-state index in [2.05, 4.69) is 60.1 Å². The molecule has 4 heteroatoms. The summed E-state index contributed by atoms with van der Waals surface area (Å²) in [4.78, 5) is 2.77. The summed E-state index contributed by atoms with van der Waals surface area (Å²) < 4.78 is 2.24. The van der Waals surface area contributed by atoms with E-state index >= 15 is 0 Å². The van der Waals surface area contributed by atoms with Crippen LogP contribution in [0, 0.1) is 5.92 Å². The molecule has 0 bridgehead atoms. The second-order valence-electron chi connectivity index (χ2n) is 8.91. The van der Waals surface area contributed by atoms with E-state index in [0.717, 1.165) is 12.0 Å². The normalized spacial score (nSPS) is 26.6. The molecular formula is C21H38N4. The van der Waals surface area contributed by atoms with Crippen molar-refractivity contribution in [1.82, 2.24) is 20.0 Å². The van der Waals surface area contributed by atoms with Crippen LogP contribution >= 0.6 is 0 Å². The molecular weight excluding hydrogens is 308 g/mol. The third kappa shape index (κ3) is 5.07. The first-order valence-corrected chi connectivity index (χ1v) is 10.5. The van der Waals surface area contributed by atoms with Crippen molar-refractivity contribution in [3.05, 3.63) is 18.0 Å². The lowest BCUT2D eigenvalue weighted by atomic mass is 9.84. The molecule has 1 aliphatic carbocycles. The number of likely N-dealkylation sites (tertiary alicyclic amines) is 1. The lowest BCUT2D eigenvalue weighted by Gasteiger charge is -2.41. The second-order valence-corrected chi connectivity index (χ2v) is 8.91. The van der Waals surface area contributed by atoms with Gasteiger partial charge in [-0.1, -0.05) is 27.7 Å². The Morgan fingerprint density at radius 1 is 1.00 bits per heavy atom. The van der Waals surface area contributed by atoms with Crippen LogP contribution in [-0.2, 0) is 0 Å². The highest BCUT2D eigenvalue weighted by Crippen LogP contribution is 2.31. The number of hydrogen-bond donors (Lipinski definition) is 1. The maximum Gasteiger partial charge on any atom is 0.0543 e. The Labute approximate surface area is 154 Å². The van der Waals surface area contributed by atoms with Crippen LogP contribution in [0.4, 0.5) is 0 Å². The van der Waals surface area contributed by atoms with Crippen LogP contribution in [0.1, 0.15) is 83.7 Å². The van der Waals surface area contributed by atoms with Gasteiger partial charge < -0.3 is 10.2 Å². The summed E-state index contributed by atoms with van der Waals surface area (Å²) in [5, 5.41) is 8.25. The van der Waals surface area contributed by atoms with Crippen molar-refractivity contribution in [1.29, 1.82) is 0 Å². The molecule has 4 nitrogen and oxygen atoms in total. The van der Waals surface area contributed by atoms with Crippen LogP contribution in [0.2, 0.25) is 0 Å². The van der Waals surface area contributed by atoms with E-state index in [1.807, 2.05) is 0 Å². The van der Waals surface area contributed by atoms with Crippen LogP contribution in [0.15, 0.2) is 12.4 Å². The van der Waals surface area contributed by atoms with Crippen molar-refractivity contribution in [2.75, 3.05) is 19.6 Å². The van der Waals surface area contributed by atoms with Crippen molar-refractivity contribution in [3.8, 4) is 0 Å². The van der Waals surface area contributed by atoms with Crippen molar-refractivity contribution in [2.45, 2.75) is 90.3 Å². The molecule has 1 N–H and O–H groups in total. The predicted molar refractivity (Wildman–Crippen MR) is 105 cm³/mol. The molecule has 0 radical (unpaired) electrons. The molecule has 142 valence electrons. The van der Waals surface area contributed by atoms with Crippen molar-refractivity contribution in [2.24, 2.45) is 5.92 Å². The lowest BCUT2D eigenvalue weighted by Crippen LogP contribution is -2.44. The number of hydrogen-bond acceptors (Lipinski definition) is 3. The summed E-state index contributed by atoms with van der Waals surface area (Å²) in [5.74, 6) is 1.48. The summed E-state index contributed by atoms with van der Waals surface area (Å²) in [6, 6.07) is 2.06. The number of nitrogens with one attached hydrogen (secondary N) is 1. The van der Waals surface area contributed by atoms with Gasteiger partial charge in [0.05, 0.1) is 12.2 Å². The zero-order valence-electron chi connectivity index (χ0n) is 16.7. The van der Waals surface area contributed by atoms with Crippen molar-refractivity contribution >= 4 is 0 Å². The molecule has 0 spiro atoms. The maximum atomic E-state index is 4.63. The zero-order valence-corrected chi connectivity index (χ0v) is 16.7. The smallest absolute Gasteiger partial charge is 0.0543 e. The third-order valence-electron chi connectivity index (χ3n) is 6.31. The standard InChI is InChI=1S/C21H38N4/c1-16(2)19-14-23-25(15-19)21-9-11-24(12-10-21)20-7-5-18(6-8-20)13-22-17(3)4/h14-18,20-22H,5-13H2,1-4H3. The average molecular weight is 347 g/mol. The molecule has 1 aliphatic heterocycles. The van der Waals surface area contributed by atoms with Crippen molar-refractivity contribution in [3.63, 3.8) is 0 Å². The minimum atomic E-state index is 0.578. The molecule has 1 saturated heterocycles. The molecule has 0 amide bonds. The molecule has 0 unspecified atom stereocenters. The van der Waals surface area contributed by atoms with Gasteiger partial charge in [0.25, 0.3) is 0 Å². The average Bonchev–Trinajstić information content (AvgIpc) is 3.11. The third-order valence-corrected chi connectivity index (χ3v) is 6.31. The maximum absolute atomic E-state index is 4.63. The van der Waals surface area contributed by atoms with Gasteiger partial charge in [0.2, 0.25) is 0 Å². The zero-order chi connectivity index (χ0) is 17.8. The van der Waals surface area contributed by atoms with Gasteiger partial charge in [-0.2, -0.15) is 5.10 Å². The van der Waals surface area contributed by atoms with Gasteiger partial charge in [0.1, 0.15) is 0 Å². The minimum absolute atomic E-state index is 0.578. The molecule has 1 aromatic rings. The van der Waals surface area contributed by atoms with Crippen molar-refractivity contribution < 1.29 is 0 Å². The Hall–Kier alpha value is -0.870. The van der Waals surface area contributed by atoms with Gasteiger partial charge in [0, 0.05) is 31.4 Å². The van der Waals surface area contributed by atoms with E-state index < -0.39 is 0 Å². The first kappa shape index (κ1) is 18.9. The number of piperidine rings is 1. The van der Waals surface area contributed by atoms with Gasteiger partial charge in [-0.25, -0.2) is 0 Å². The first-order chi connectivity index (χ1) is 12.0. The summed E-state index contributed by atoms with van der Waals surface area (Å²) in [6.07, 6.45) is 12.5. The second kappa shape index (κ2) is 8.68. The molecule has 0 atom stereocenters. The molecule has 2 aliphatic rings. The van der Waals surface area contributed by atoms with E-state index in [1.165, 1.54) is 63.7 Å². The van der Waals surface area contributed by atoms with E-state index in [1.54, 1.807) is 0 Å². The van der Waals surface area contributed by atoms with E-state index in [0.29, 0.717) is 18.0 Å². The van der Waals surface area contributed by atoms with Gasteiger partial charge in [0.15, 0.2) is 0 Å². The van der Waals surface area contributed by atoms with Crippen LogP contribution < -0.4 is 5.32 Å². The summed E-state index contributed by atoms with van der Waals surface area (Å²) >= 11 is 0. The highest BCUT2D eigenvalue weighted by atomic mass is 15.3. The molecule has 2 heterocycles. The highest BCUT2D eigenvalue weighted by molar-refractivity contribution is 5.09. The molecule has 1 saturated carbocycles. The largest absolute Gasteiger partial charge is 0.314 e. The number of nitrogens with zero attached hydrogens (tertiary/aromatic N) is 3. The first-order valence-electron chi connectivity index (χ1n) is 10.5. The topological polar surface area (TPSA) is 33.1 Å². The molecule has 0 aromatic carbocycles. The number of aromatic nitrogens is 2. The highest BCUT2D eigenvalue weighted by Gasteiger charge is 2.29. The summed E-state index contributed by atoms with van der Waals surface area (Å²) in [6.45, 7) is 12.7. The fraction of sp³-hybridized carbons (Fsp3) is 0.857. The van der Waals surface area contributed by atoms with Crippen LogP contribution in [0.25, 0.3) is 0 Å². The van der Waals surface area contributed by atoms with E-state index in [4.69, 9.17) is 0 Å². The molecule has 1 aromatic heterocycles. The monoisotopic (exact) mass is 346 g/mol. The fourth-order valence-corrected chi connectivity index (χ4v) is 4.48. The molecule has 3 rings (SSSR count). The van der Waals surface area contributed by atoms with Crippen LogP contribution in [-0.4, -0.2) is 46.4 Å². The SMILES string of the molecule is CC(C)NCC1CCC(N2CCC(n3cc(C(C)C)cn3)CC2)CC1. The Balaban J connectivity index is 1.42. The Bertz CT molecular complexity index is 506. The minimum Gasteiger partial charge on any atom is -0.314 e. The molecule has 2 fully saturated rings. The Kier molecular flexibility index (Phi) is 6.56. The van der Waals surface area contributed by atoms with Gasteiger partial charge in [-0.15, -0.1) is 0 Å². The Morgan fingerprint density at radius 3 is 2.24 bits per heavy atom. The van der Waals surface area contributed by atoms with E-state index in [9.17, 15) is 0 Å². The van der Waals surface area contributed by atoms with Gasteiger partial charge >= 0.3 is 0 Å². The van der Waals surface area contributed by atoms with E-state index in [-0.39, 0.29) is 0 Å². The van der Waals surface area contributed by atoms with Crippen LogP contribution in [0.5, 0.6) is 0 Å². The number of rotatable bonds is 6. The predicted octanol–water partition coefficient (Wildman–Crippen LogP) is 4.20. The fourth-order valence-electron chi connectivity index (χ4n) is 4.48. The van der Waals surface area contributed by atoms with Crippen LogP contribution in [0.3, 0.4) is 0 Å². The van der Waals surface area contributed by atoms with Gasteiger partial charge in [-0.3, -0.25) is 4.68 Å². The summed E-state index contributed by atoms with van der Waals surface area (Å²) in [5.41, 5.74) is 1.37. The van der Waals surface area contributed by atoms with Gasteiger partial charge in [-0.05, 0) is 62.5 Å². The Morgan fingerprint density at radius 2 is 1.68 bits per heavy atom. The quantitative estimate of drug-likeness (QED) is 0.838.